The molecule has 1 aromatic heterocycles. The molecule has 1 amide bonds. The normalized spacial score (nSPS) is 15.9. The lowest BCUT2D eigenvalue weighted by Gasteiger charge is -2.18. The molecule has 1 heterocycles. The lowest BCUT2D eigenvalue weighted by Crippen LogP contribution is -2.30. The van der Waals surface area contributed by atoms with Gasteiger partial charge in [-0.3, -0.25) is 4.79 Å². The molecule has 1 aromatic carbocycles. The van der Waals surface area contributed by atoms with Crippen LogP contribution in [0.2, 0.25) is 0 Å². The smallest absolute Gasteiger partial charge is 0.252 e. The van der Waals surface area contributed by atoms with Gasteiger partial charge < -0.3 is 5.32 Å². The van der Waals surface area contributed by atoms with Crippen molar-refractivity contribution in [1.82, 2.24) is 5.32 Å². The van der Waals surface area contributed by atoms with Crippen molar-refractivity contribution < 1.29 is 4.79 Å². The lowest BCUT2D eigenvalue weighted by molar-refractivity contribution is 0.0931. The van der Waals surface area contributed by atoms with E-state index in [1.807, 2.05) is 38.1 Å². The van der Waals surface area contributed by atoms with Crippen LogP contribution in [0.4, 0.5) is 0 Å². The number of hydrogen-bond acceptors (Lipinski definition) is 2. The van der Waals surface area contributed by atoms with Gasteiger partial charge in [0.2, 0.25) is 0 Å². The molecule has 1 aliphatic carbocycles. The summed E-state index contributed by atoms with van der Waals surface area (Å²) in [6, 6.07) is 12.5. The molecular formula is C17H19NOS. The first-order valence-corrected chi connectivity index (χ1v) is 7.89. The van der Waals surface area contributed by atoms with Crippen molar-refractivity contribution in [2.24, 2.45) is 5.92 Å². The van der Waals surface area contributed by atoms with Crippen LogP contribution >= 0.6 is 11.3 Å². The summed E-state index contributed by atoms with van der Waals surface area (Å²) in [5.41, 5.74) is 2.04. The predicted octanol–water partition coefficient (Wildman–Crippen LogP) is 4.25. The number of carbonyl (C=O) groups is 1. The van der Waals surface area contributed by atoms with Crippen molar-refractivity contribution >= 4 is 17.2 Å². The number of thiophene rings is 1. The second kappa shape index (κ2) is 5.41. The molecule has 1 atom stereocenters. The first kappa shape index (κ1) is 13.4. The van der Waals surface area contributed by atoms with E-state index in [0.29, 0.717) is 5.92 Å². The molecule has 1 unspecified atom stereocenters. The molecule has 1 N–H and O–H groups in total. The van der Waals surface area contributed by atoms with Crippen molar-refractivity contribution in [3.8, 4) is 0 Å². The summed E-state index contributed by atoms with van der Waals surface area (Å²) < 4.78 is 0. The maximum absolute atomic E-state index is 12.5. The molecule has 0 bridgehead atoms. The summed E-state index contributed by atoms with van der Waals surface area (Å²) in [5, 5.41) is 3.23. The second-order valence-corrected chi connectivity index (χ2v) is 6.99. The fourth-order valence-corrected chi connectivity index (χ4v) is 3.56. The first-order chi connectivity index (χ1) is 9.65. The summed E-state index contributed by atoms with van der Waals surface area (Å²) in [6.07, 6.45) is 2.42. The minimum atomic E-state index is 0.0626. The van der Waals surface area contributed by atoms with Crippen LogP contribution in [0.3, 0.4) is 0 Å². The fourth-order valence-electron chi connectivity index (χ4n) is 2.64. The van der Waals surface area contributed by atoms with E-state index in [9.17, 15) is 4.79 Å². The number of nitrogens with one attached hydrogen (secondary N) is 1. The number of aryl methyl sites for hydroxylation is 2. The summed E-state index contributed by atoms with van der Waals surface area (Å²) in [6.45, 7) is 4.06. The lowest BCUT2D eigenvalue weighted by atomic mass is 10.0. The number of amides is 1. The van der Waals surface area contributed by atoms with E-state index >= 15 is 0 Å². The van der Waals surface area contributed by atoms with Gasteiger partial charge in [0.15, 0.2) is 0 Å². The Morgan fingerprint density at radius 1 is 1.25 bits per heavy atom. The van der Waals surface area contributed by atoms with Crippen molar-refractivity contribution in [2.75, 3.05) is 0 Å². The largest absolute Gasteiger partial charge is 0.345 e. The highest BCUT2D eigenvalue weighted by molar-refractivity contribution is 7.12. The van der Waals surface area contributed by atoms with Crippen LogP contribution in [-0.4, -0.2) is 5.91 Å². The molecule has 104 valence electrons. The van der Waals surface area contributed by atoms with Crippen LogP contribution in [0.25, 0.3) is 0 Å². The van der Waals surface area contributed by atoms with Crippen LogP contribution in [0.5, 0.6) is 0 Å². The number of benzene rings is 1. The van der Waals surface area contributed by atoms with Crippen LogP contribution in [0.1, 0.15) is 44.6 Å². The van der Waals surface area contributed by atoms with Gasteiger partial charge in [-0.2, -0.15) is 0 Å². The molecule has 1 aliphatic rings. The highest BCUT2D eigenvalue weighted by atomic mass is 32.1. The molecule has 1 fully saturated rings. The topological polar surface area (TPSA) is 29.1 Å². The van der Waals surface area contributed by atoms with E-state index in [1.54, 1.807) is 11.3 Å². The third-order valence-corrected chi connectivity index (χ3v) is 4.79. The minimum Gasteiger partial charge on any atom is -0.345 e. The Morgan fingerprint density at radius 3 is 2.50 bits per heavy atom. The maximum atomic E-state index is 12.5. The molecule has 0 radical (unpaired) electrons. The Labute approximate surface area is 123 Å². The first-order valence-electron chi connectivity index (χ1n) is 7.08. The highest BCUT2D eigenvalue weighted by Crippen LogP contribution is 2.41. The van der Waals surface area contributed by atoms with E-state index in [4.69, 9.17) is 0 Å². The molecule has 20 heavy (non-hydrogen) atoms. The molecule has 0 aliphatic heterocycles. The van der Waals surface area contributed by atoms with E-state index < -0.39 is 0 Å². The molecule has 1 saturated carbocycles. The van der Waals surface area contributed by atoms with Gasteiger partial charge in [0.1, 0.15) is 0 Å². The zero-order valence-corrected chi connectivity index (χ0v) is 12.7. The monoisotopic (exact) mass is 285 g/mol. The Hall–Kier alpha value is -1.61. The van der Waals surface area contributed by atoms with Gasteiger partial charge in [-0.05, 0) is 44.2 Å². The van der Waals surface area contributed by atoms with E-state index in [0.717, 1.165) is 10.4 Å². The quantitative estimate of drug-likeness (QED) is 0.894. The van der Waals surface area contributed by atoms with Crippen LogP contribution in [-0.2, 0) is 0 Å². The number of carbonyl (C=O) groups excluding carboxylic acids is 1. The van der Waals surface area contributed by atoms with E-state index in [-0.39, 0.29) is 11.9 Å². The predicted molar refractivity (Wildman–Crippen MR) is 83.2 cm³/mol. The highest BCUT2D eigenvalue weighted by Gasteiger charge is 2.33. The van der Waals surface area contributed by atoms with Crippen molar-refractivity contribution in [2.45, 2.75) is 32.7 Å². The average Bonchev–Trinajstić information content (AvgIpc) is 3.22. The Bertz CT molecular complexity index is 613. The molecular weight excluding hydrogens is 266 g/mol. The van der Waals surface area contributed by atoms with Crippen molar-refractivity contribution in [3.05, 3.63) is 57.3 Å². The maximum Gasteiger partial charge on any atom is 0.252 e. The zero-order valence-electron chi connectivity index (χ0n) is 11.8. The summed E-state index contributed by atoms with van der Waals surface area (Å²) in [7, 11) is 0. The second-order valence-electron chi connectivity index (χ2n) is 5.53. The van der Waals surface area contributed by atoms with Gasteiger partial charge in [-0.25, -0.2) is 0 Å². The van der Waals surface area contributed by atoms with E-state index in [1.165, 1.54) is 23.3 Å². The minimum absolute atomic E-state index is 0.0626. The molecule has 0 saturated heterocycles. The Kier molecular flexibility index (Phi) is 3.62. The van der Waals surface area contributed by atoms with Gasteiger partial charge in [0.05, 0.1) is 11.6 Å². The molecule has 2 aromatic rings. The van der Waals surface area contributed by atoms with Crippen LogP contribution in [0, 0.1) is 19.8 Å². The van der Waals surface area contributed by atoms with Gasteiger partial charge in [-0.15, -0.1) is 11.3 Å². The zero-order chi connectivity index (χ0) is 14.1. The van der Waals surface area contributed by atoms with Crippen molar-refractivity contribution in [1.29, 1.82) is 0 Å². The van der Waals surface area contributed by atoms with Gasteiger partial charge in [0, 0.05) is 9.75 Å². The molecule has 2 nitrogen and oxygen atoms in total. The SMILES string of the molecule is Cc1cc(C(=O)NC(c2ccccc2)C2CC2)c(C)s1. The summed E-state index contributed by atoms with van der Waals surface area (Å²) >= 11 is 1.68. The molecule has 0 spiro atoms. The third kappa shape index (κ3) is 2.78. The van der Waals surface area contributed by atoms with Gasteiger partial charge in [0.25, 0.3) is 5.91 Å². The van der Waals surface area contributed by atoms with Gasteiger partial charge in [-0.1, -0.05) is 30.3 Å². The Morgan fingerprint density at radius 2 is 1.95 bits per heavy atom. The van der Waals surface area contributed by atoms with E-state index in [2.05, 4.69) is 17.4 Å². The average molecular weight is 285 g/mol. The van der Waals surface area contributed by atoms with Crippen LogP contribution < -0.4 is 5.32 Å². The fraction of sp³-hybridized carbons (Fsp3) is 0.353. The van der Waals surface area contributed by atoms with Crippen LogP contribution in [0.15, 0.2) is 36.4 Å². The standard InChI is InChI=1S/C17H19NOS/c1-11-10-15(12(2)20-11)17(19)18-16(14-8-9-14)13-6-4-3-5-7-13/h3-7,10,14,16H,8-9H2,1-2H3,(H,18,19). The third-order valence-electron chi connectivity index (χ3n) is 3.82. The van der Waals surface area contributed by atoms with Crippen molar-refractivity contribution in [3.63, 3.8) is 0 Å². The summed E-state index contributed by atoms with van der Waals surface area (Å²) in [4.78, 5) is 14.8. The molecule has 3 rings (SSSR count). The van der Waals surface area contributed by atoms with Gasteiger partial charge >= 0.3 is 0 Å². The Balaban J connectivity index is 1.81. The number of hydrogen-bond donors (Lipinski definition) is 1. The summed E-state index contributed by atoms with van der Waals surface area (Å²) in [5.74, 6) is 0.661. The number of rotatable bonds is 4. The molecule has 3 heteroatoms.